The summed E-state index contributed by atoms with van der Waals surface area (Å²) in [4.78, 5) is 10.3. The van der Waals surface area contributed by atoms with E-state index in [9.17, 15) is 18.0 Å². The van der Waals surface area contributed by atoms with Crippen LogP contribution in [0.1, 0.15) is 18.0 Å². The van der Waals surface area contributed by atoms with Gasteiger partial charge in [0.2, 0.25) is 0 Å². The van der Waals surface area contributed by atoms with Crippen LogP contribution >= 0.6 is 0 Å². The van der Waals surface area contributed by atoms with Gasteiger partial charge in [0.05, 0.1) is 12.0 Å². The van der Waals surface area contributed by atoms with Crippen molar-refractivity contribution in [2.45, 2.75) is 12.5 Å². The van der Waals surface area contributed by atoms with Crippen LogP contribution in [0.4, 0.5) is 13.2 Å². The number of phenols is 1. The highest BCUT2D eigenvalue weighted by Crippen LogP contribution is 2.31. The van der Waals surface area contributed by atoms with Gasteiger partial charge in [0.15, 0.2) is 23.2 Å². The van der Waals surface area contributed by atoms with Crippen LogP contribution in [0.3, 0.4) is 0 Å². The van der Waals surface area contributed by atoms with Crippen molar-refractivity contribution in [3.8, 4) is 5.75 Å². The molecule has 1 rings (SSSR count). The summed E-state index contributed by atoms with van der Waals surface area (Å²) in [6.07, 6.45) is -0.757. The molecule has 1 aromatic carbocycles. The zero-order valence-electron chi connectivity index (χ0n) is 7.88. The lowest BCUT2D eigenvalue weighted by atomic mass is 10.0. The Labute approximate surface area is 88.1 Å². The third kappa shape index (κ3) is 2.25. The first-order valence-electron chi connectivity index (χ1n) is 4.18. The number of carboxylic acids is 1. The molecule has 88 valence electrons. The molecule has 0 saturated heterocycles. The van der Waals surface area contributed by atoms with E-state index >= 15 is 0 Å². The van der Waals surface area contributed by atoms with Crippen LogP contribution in [-0.2, 0) is 4.79 Å². The Balaban J connectivity index is 3.26. The second-order valence-electron chi connectivity index (χ2n) is 3.12. The van der Waals surface area contributed by atoms with Crippen LogP contribution in [0, 0.1) is 17.5 Å². The number of carboxylic acid groups (broad SMARTS) is 1. The van der Waals surface area contributed by atoms with E-state index in [0.29, 0.717) is 0 Å². The summed E-state index contributed by atoms with van der Waals surface area (Å²) >= 11 is 0. The number of hydrogen-bond acceptors (Lipinski definition) is 3. The zero-order valence-corrected chi connectivity index (χ0v) is 7.88. The maximum absolute atomic E-state index is 13.2. The SMILES string of the molecule is NC(CC(=O)O)c1c(O)c(F)cc(F)c1F. The molecule has 0 saturated carbocycles. The molecule has 0 aliphatic rings. The molecule has 4 N–H and O–H groups in total. The van der Waals surface area contributed by atoms with Crippen LogP contribution in [0.15, 0.2) is 6.07 Å². The van der Waals surface area contributed by atoms with Crippen molar-refractivity contribution in [2.24, 2.45) is 5.73 Å². The zero-order chi connectivity index (χ0) is 12.5. The summed E-state index contributed by atoms with van der Waals surface area (Å²) in [5, 5.41) is 17.5. The van der Waals surface area contributed by atoms with Crippen molar-refractivity contribution in [1.29, 1.82) is 0 Å². The number of rotatable bonds is 3. The fraction of sp³-hybridized carbons (Fsp3) is 0.222. The number of aliphatic carboxylic acids is 1. The number of carbonyl (C=O) groups is 1. The summed E-state index contributed by atoms with van der Waals surface area (Å²) in [5.74, 6) is -7.03. The van der Waals surface area contributed by atoms with E-state index in [1.54, 1.807) is 0 Å². The van der Waals surface area contributed by atoms with Gasteiger partial charge >= 0.3 is 5.97 Å². The summed E-state index contributed by atoms with van der Waals surface area (Å²) in [6, 6.07) is -1.37. The van der Waals surface area contributed by atoms with Gasteiger partial charge in [0.1, 0.15) is 0 Å². The lowest BCUT2D eigenvalue weighted by molar-refractivity contribution is -0.137. The average Bonchev–Trinajstić information content (AvgIpc) is 2.14. The number of nitrogens with two attached hydrogens (primary N) is 1. The van der Waals surface area contributed by atoms with Gasteiger partial charge in [-0.2, -0.15) is 0 Å². The molecule has 7 heteroatoms. The minimum absolute atomic E-state index is 0.154. The van der Waals surface area contributed by atoms with Gasteiger partial charge in [-0.15, -0.1) is 0 Å². The van der Waals surface area contributed by atoms with E-state index < -0.39 is 47.2 Å². The molecule has 0 spiro atoms. The third-order valence-corrected chi connectivity index (χ3v) is 1.95. The second kappa shape index (κ2) is 4.40. The van der Waals surface area contributed by atoms with Crippen LogP contribution < -0.4 is 5.73 Å². The lowest BCUT2D eigenvalue weighted by Gasteiger charge is -2.13. The van der Waals surface area contributed by atoms with Gasteiger partial charge < -0.3 is 15.9 Å². The molecule has 0 bridgehead atoms. The molecule has 0 aromatic heterocycles. The first-order chi connectivity index (χ1) is 7.34. The van der Waals surface area contributed by atoms with Crippen molar-refractivity contribution >= 4 is 5.97 Å². The van der Waals surface area contributed by atoms with Crippen molar-refractivity contribution in [1.82, 2.24) is 0 Å². The van der Waals surface area contributed by atoms with Gasteiger partial charge in [0.25, 0.3) is 0 Å². The van der Waals surface area contributed by atoms with E-state index in [0.717, 1.165) is 0 Å². The number of aromatic hydroxyl groups is 1. The molecule has 1 unspecified atom stereocenters. The molecule has 0 aliphatic heterocycles. The van der Waals surface area contributed by atoms with Crippen LogP contribution in [0.5, 0.6) is 5.75 Å². The molecule has 0 heterocycles. The van der Waals surface area contributed by atoms with Crippen molar-refractivity contribution in [3.05, 3.63) is 29.1 Å². The van der Waals surface area contributed by atoms with Crippen LogP contribution in [0.25, 0.3) is 0 Å². The van der Waals surface area contributed by atoms with E-state index in [1.165, 1.54) is 0 Å². The van der Waals surface area contributed by atoms with Crippen molar-refractivity contribution < 1.29 is 28.2 Å². The van der Waals surface area contributed by atoms with Gasteiger partial charge in [-0.25, -0.2) is 13.2 Å². The Morgan fingerprint density at radius 1 is 1.38 bits per heavy atom. The fourth-order valence-electron chi connectivity index (χ4n) is 1.23. The third-order valence-electron chi connectivity index (χ3n) is 1.95. The van der Waals surface area contributed by atoms with Gasteiger partial charge in [-0.1, -0.05) is 0 Å². The first kappa shape index (κ1) is 12.3. The van der Waals surface area contributed by atoms with Crippen LogP contribution in [0.2, 0.25) is 0 Å². The molecule has 0 aliphatic carbocycles. The van der Waals surface area contributed by atoms with Gasteiger partial charge in [0, 0.05) is 12.1 Å². The van der Waals surface area contributed by atoms with Crippen LogP contribution in [-0.4, -0.2) is 16.2 Å². The normalized spacial score (nSPS) is 12.5. The standard InChI is InChI=1S/C9H8F3NO3/c10-3-1-4(11)9(16)7(8(3)12)5(13)2-6(14)15/h1,5,16H,2,13H2,(H,14,15). The summed E-state index contributed by atoms with van der Waals surface area (Å²) in [6.45, 7) is 0. The monoisotopic (exact) mass is 235 g/mol. The summed E-state index contributed by atoms with van der Waals surface area (Å²) < 4.78 is 38.8. The summed E-state index contributed by atoms with van der Waals surface area (Å²) in [7, 11) is 0. The highest BCUT2D eigenvalue weighted by Gasteiger charge is 2.24. The molecule has 0 radical (unpaired) electrons. The molecule has 1 atom stereocenters. The average molecular weight is 235 g/mol. The van der Waals surface area contributed by atoms with E-state index in [-0.39, 0.29) is 6.07 Å². The van der Waals surface area contributed by atoms with E-state index in [2.05, 4.69) is 0 Å². The molecule has 0 fully saturated rings. The smallest absolute Gasteiger partial charge is 0.305 e. The van der Waals surface area contributed by atoms with Crippen molar-refractivity contribution in [3.63, 3.8) is 0 Å². The molecular formula is C9H8F3NO3. The Bertz CT molecular complexity index is 410. The molecule has 1 aromatic rings. The van der Waals surface area contributed by atoms with Crippen molar-refractivity contribution in [2.75, 3.05) is 0 Å². The highest BCUT2D eigenvalue weighted by atomic mass is 19.2. The number of benzene rings is 1. The molecular weight excluding hydrogens is 227 g/mol. The number of halogens is 3. The molecule has 0 amide bonds. The minimum Gasteiger partial charge on any atom is -0.505 e. The van der Waals surface area contributed by atoms with E-state index in [4.69, 9.17) is 15.9 Å². The Hall–Kier alpha value is -1.76. The minimum atomic E-state index is -1.55. The topological polar surface area (TPSA) is 83.6 Å². The fourth-order valence-corrected chi connectivity index (χ4v) is 1.23. The number of phenolic OH excluding ortho intramolecular Hbond substituents is 1. The predicted octanol–water partition coefficient (Wildman–Crippen LogP) is 1.28. The first-order valence-corrected chi connectivity index (χ1v) is 4.18. The van der Waals surface area contributed by atoms with Gasteiger partial charge in [-0.3, -0.25) is 4.79 Å². The largest absolute Gasteiger partial charge is 0.505 e. The maximum Gasteiger partial charge on any atom is 0.305 e. The molecule has 4 nitrogen and oxygen atoms in total. The number of hydrogen-bond donors (Lipinski definition) is 3. The van der Waals surface area contributed by atoms with Gasteiger partial charge in [-0.05, 0) is 0 Å². The highest BCUT2D eigenvalue weighted by molar-refractivity contribution is 5.68. The Morgan fingerprint density at radius 2 is 1.94 bits per heavy atom. The maximum atomic E-state index is 13.2. The Kier molecular flexibility index (Phi) is 3.38. The molecule has 16 heavy (non-hydrogen) atoms. The lowest BCUT2D eigenvalue weighted by Crippen LogP contribution is -2.17. The second-order valence-corrected chi connectivity index (χ2v) is 3.12. The quantitative estimate of drug-likeness (QED) is 0.689. The van der Waals surface area contributed by atoms with E-state index in [1.807, 2.05) is 0 Å². The summed E-state index contributed by atoms with van der Waals surface area (Å²) in [5.41, 5.74) is 4.35. The Morgan fingerprint density at radius 3 is 2.44 bits per heavy atom. The predicted molar refractivity (Wildman–Crippen MR) is 47.2 cm³/mol.